The largest absolute Gasteiger partial charge is 0.508 e. The molecular formula is C22H23N3O. The van der Waals surface area contributed by atoms with Crippen molar-refractivity contribution in [1.82, 2.24) is 4.98 Å². The maximum atomic E-state index is 9.57. The van der Waals surface area contributed by atoms with E-state index in [2.05, 4.69) is 36.2 Å². The zero-order valence-corrected chi connectivity index (χ0v) is 15.2. The van der Waals surface area contributed by atoms with Gasteiger partial charge in [-0.2, -0.15) is 0 Å². The van der Waals surface area contributed by atoms with Gasteiger partial charge in [-0.05, 0) is 72.7 Å². The summed E-state index contributed by atoms with van der Waals surface area (Å²) in [6.45, 7) is 4.82. The molecule has 0 saturated heterocycles. The first kappa shape index (κ1) is 16.6. The van der Waals surface area contributed by atoms with Gasteiger partial charge in [-0.15, -0.1) is 0 Å². The molecule has 0 fully saturated rings. The summed E-state index contributed by atoms with van der Waals surface area (Å²) in [4.78, 5) is 4.63. The van der Waals surface area contributed by atoms with E-state index in [1.54, 1.807) is 11.1 Å². The SMILES string of the molecule is Cc1ccc2c(c1)CN(N)c1ncc(CCc3ccc(O)cc3C)cc1-2. The van der Waals surface area contributed by atoms with Crippen molar-refractivity contribution in [2.45, 2.75) is 33.2 Å². The van der Waals surface area contributed by atoms with Crippen LogP contribution in [0.5, 0.6) is 5.75 Å². The molecule has 26 heavy (non-hydrogen) atoms. The summed E-state index contributed by atoms with van der Waals surface area (Å²) in [6, 6.07) is 14.3. The number of hydrazine groups is 1. The smallest absolute Gasteiger partial charge is 0.150 e. The molecule has 0 aliphatic carbocycles. The molecular weight excluding hydrogens is 322 g/mol. The minimum Gasteiger partial charge on any atom is -0.508 e. The molecule has 3 aromatic rings. The van der Waals surface area contributed by atoms with E-state index in [0.29, 0.717) is 12.3 Å². The van der Waals surface area contributed by atoms with Crippen molar-refractivity contribution in [3.05, 3.63) is 76.5 Å². The van der Waals surface area contributed by atoms with Crippen LogP contribution in [-0.4, -0.2) is 10.1 Å². The molecule has 0 amide bonds. The summed E-state index contributed by atoms with van der Waals surface area (Å²) in [7, 11) is 0. The average molecular weight is 345 g/mol. The average Bonchev–Trinajstić information content (AvgIpc) is 2.60. The van der Waals surface area contributed by atoms with Crippen molar-refractivity contribution < 1.29 is 5.11 Å². The topological polar surface area (TPSA) is 62.4 Å². The normalized spacial score (nSPS) is 12.7. The van der Waals surface area contributed by atoms with Crippen LogP contribution in [0, 0.1) is 13.8 Å². The number of phenolic OH excluding ortho intramolecular Hbond substituents is 1. The number of nitrogens with two attached hydrogens (primary N) is 1. The number of hydrogen-bond donors (Lipinski definition) is 2. The van der Waals surface area contributed by atoms with E-state index in [-0.39, 0.29) is 0 Å². The Kier molecular flexibility index (Phi) is 4.13. The minimum absolute atomic E-state index is 0.316. The Labute approximate surface area is 153 Å². The third-order valence-corrected chi connectivity index (χ3v) is 5.10. The molecule has 0 saturated carbocycles. The Bertz CT molecular complexity index is 981. The van der Waals surface area contributed by atoms with Gasteiger partial charge in [0.05, 0.1) is 6.54 Å². The fraction of sp³-hybridized carbons (Fsp3) is 0.227. The number of hydrogen-bond acceptors (Lipinski definition) is 4. The molecule has 1 aromatic heterocycles. The molecule has 0 atom stereocenters. The van der Waals surface area contributed by atoms with Crippen molar-refractivity contribution in [2.24, 2.45) is 5.84 Å². The number of phenols is 1. The predicted molar refractivity (Wildman–Crippen MR) is 105 cm³/mol. The lowest BCUT2D eigenvalue weighted by Crippen LogP contribution is -2.34. The van der Waals surface area contributed by atoms with Crippen LogP contribution < -0.4 is 10.9 Å². The molecule has 1 aliphatic heterocycles. The van der Waals surface area contributed by atoms with Gasteiger partial charge in [-0.3, -0.25) is 5.01 Å². The van der Waals surface area contributed by atoms with Crippen molar-refractivity contribution >= 4 is 5.82 Å². The highest BCUT2D eigenvalue weighted by molar-refractivity contribution is 5.81. The van der Waals surface area contributed by atoms with Gasteiger partial charge in [0.2, 0.25) is 0 Å². The van der Waals surface area contributed by atoms with Gasteiger partial charge in [0.15, 0.2) is 5.82 Å². The lowest BCUT2D eigenvalue weighted by Gasteiger charge is -2.28. The number of nitrogens with zero attached hydrogens (tertiary/aromatic N) is 2. The quantitative estimate of drug-likeness (QED) is 0.703. The van der Waals surface area contributed by atoms with E-state index < -0.39 is 0 Å². The monoisotopic (exact) mass is 345 g/mol. The molecule has 2 aromatic carbocycles. The Hall–Kier alpha value is -2.85. The lowest BCUT2D eigenvalue weighted by molar-refractivity contribution is 0.474. The molecule has 0 bridgehead atoms. The van der Waals surface area contributed by atoms with Gasteiger partial charge in [0.1, 0.15) is 5.75 Å². The number of aromatic nitrogens is 1. The van der Waals surface area contributed by atoms with Crippen LogP contribution in [0.2, 0.25) is 0 Å². The Morgan fingerprint density at radius 2 is 1.88 bits per heavy atom. The molecule has 0 spiro atoms. The molecule has 4 rings (SSSR count). The molecule has 3 N–H and O–H groups in total. The molecule has 0 radical (unpaired) electrons. The highest BCUT2D eigenvalue weighted by atomic mass is 16.3. The van der Waals surface area contributed by atoms with Crippen LogP contribution >= 0.6 is 0 Å². The van der Waals surface area contributed by atoms with Gasteiger partial charge < -0.3 is 5.11 Å². The molecule has 132 valence electrons. The molecule has 2 heterocycles. The summed E-state index contributed by atoms with van der Waals surface area (Å²) in [5.74, 6) is 7.36. The Balaban J connectivity index is 1.64. The van der Waals surface area contributed by atoms with Gasteiger partial charge >= 0.3 is 0 Å². The van der Waals surface area contributed by atoms with Gasteiger partial charge in [-0.1, -0.05) is 29.8 Å². The molecule has 4 heteroatoms. The van der Waals surface area contributed by atoms with Crippen molar-refractivity contribution in [3.8, 4) is 16.9 Å². The number of aromatic hydroxyl groups is 1. The second kappa shape index (κ2) is 6.46. The van der Waals surface area contributed by atoms with E-state index in [0.717, 1.165) is 29.8 Å². The highest BCUT2D eigenvalue weighted by Gasteiger charge is 2.21. The van der Waals surface area contributed by atoms with Gasteiger partial charge in [-0.25, -0.2) is 10.8 Å². The number of anilines is 1. The maximum absolute atomic E-state index is 9.57. The van der Waals surface area contributed by atoms with Crippen LogP contribution in [-0.2, 0) is 19.4 Å². The second-order valence-electron chi connectivity index (χ2n) is 7.11. The van der Waals surface area contributed by atoms with E-state index in [1.165, 1.54) is 27.8 Å². The molecule has 4 nitrogen and oxygen atoms in total. The number of pyridine rings is 1. The first-order chi connectivity index (χ1) is 12.5. The van der Waals surface area contributed by atoms with E-state index >= 15 is 0 Å². The first-order valence-corrected chi connectivity index (χ1v) is 8.91. The van der Waals surface area contributed by atoms with E-state index in [1.807, 2.05) is 25.3 Å². The summed E-state index contributed by atoms with van der Waals surface area (Å²) < 4.78 is 0. The van der Waals surface area contributed by atoms with Crippen molar-refractivity contribution in [2.75, 3.05) is 5.01 Å². The summed E-state index contributed by atoms with van der Waals surface area (Å²) in [5, 5.41) is 11.3. The second-order valence-corrected chi connectivity index (χ2v) is 7.11. The zero-order chi connectivity index (χ0) is 18.3. The Morgan fingerprint density at radius 1 is 1.04 bits per heavy atom. The van der Waals surface area contributed by atoms with Crippen molar-refractivity contribution in [3.63, 3.8) is 0 Å². The maximum Gasteiger partial charge on any atom is 0.150 e. The van der Waals surface area contributed by atoms with Crippen LogP contribution in [0.15, 0.2) is 48.7 Å². The fourth-order valence-electron chi connectivity index (χ4n) is 3.68. The third kappa shape index (κ3) is 3.04. The standard InChI is InChI=1S/C22H23N3O/c1-14-3-8-20-18(9-14)13-25(23)22-21(20)11-16(12-24-22)4-5-17-6-7-19(26)10-15(17)2/h3,6-12,26H,4-5,13,23H2,1-2H3. The zero-order valence-electron chi connectivity index (χ0n) is 15.2. The van der Waals surface area contributed by atoms with E-state index in [4.69, 9.17) is 5.84 Å². The lowest BCUT2D eigenvalue weighted by atomic mass is 9.93. The van der Waals surface area contributed by atoms with Crippen LogP contribution in [0.3, 0.4) is 0 Å². The van der Waals surface area contributed by atoms with Crippen molar-refractivity contribution in [1.29, 1.82) is 0 Å². The van der Waals surface area contributed by atoms with Crippen LogP contribution in [0.25, 0.3) is 11.1 Å². The fourth-order valence-corrected chi connectivity index (χ4v) is 3.68. The molecule has 1 aliphatic rings. The number of aryl methyl sites for hydroxylation is 4. The van der Waals surface area contributed by atoms with Gasteiger partial charge in [0.25, 0.3) is 0 Å². The van der Waals surface area contributed by atoms with Crippen LogP contribution in [0.4, 0.5) is 5.82 Å². The predicted octanol–water partition coefficient (Wildman–Crippen LogP) is 4.05. The number of rotatable bonds is 3. The third-order valence-electron chi connectivity index (χ3n) is 5.10. The molecule has 0 unspecified atom stereocenters. The summed E-state index contributed by atoms with van der Waals surface area (Å²) >= 11 is 0. The van der Waals surface area contributed by atoms with Gasteiger partial charge in [0, 0.05) is 11.8 Å². The highest BCUT2D eigenvalue weighted by Crippen LogP contribution is 2.37. The summed E-state index contributed by atoms with van der Waals surface area (Å²) in [5.41, 5.74) is 8.37. The number of benzene rings is 2. The first-order valence-electron chi connectivity index (χ1n) is 8.91. The Morgan fingerprint density at radius 3 is 2.69 bits per heavy atom. The minimum atomic E-state index is 0.316. The van der Waals surface area contributed by atoms with E-state index in [9.17, 15) is 5.11 Å². The number of fused-ring (bicyclic) bond motifs is 3. The van der Waals surface area contributed by atoms with Crippen LogP contribution in [0.1, 0.15) is 27.8 Å². The summed E-state index contributed by atoms with van der Waals surface area (Å²) in [6.07, 6.45) is 3.74.